The van der Waals surface area contributed by atoms with E-state index in [1.165, 1.54) is 36.8 Å². The molecule has 0 saturated heterocycles. The SMILES string of the molecule is C[C@]12CCC[C@](Cl)(C1)c1ccccc1C2. The van der Waals surface area contributed by atoms with Crippen LogP contribution < -0.4 is 0 Å². The lowest BCUT2D eigenvalue weighted by atomic mass is 9.61. The van der Waals surface area contributed by atoms with Crippen molar-refractivity contribution < 1.29 is 0 Å². The number of halogens is 1. The third-order valence-corrected chi connectivity index (χ3v) is 4.70. The number of hydrogen-bond donors (Lipinski definition) is 0. The second-order valence-corrected chi connectivity index (χ2v) is 6.36. The summed E-state index contributed by atoms with van der Waals surface area (Å²) in [4.78, 5) is -0.0537. The minimum absolute atomic E-state index is 0.0537. The van der Waals surface area contributed by atoms with Gasteiger partial charge in [0.15, 0.2) is 0 Å². The Morgan fingerprint density at radius 3 is 2.87 bits per heavy atom. The van der Waals surface area contributed by atoms with Crippen LogP contribution in [0.15, 0.2) is 24.3 Å². The van der Waals surface area contributed by atoms with Crippen LogP contribution in [0.3, 0.4) is 0 Å². The topological polar surface area (TPSA) is 0 Å². The number of benzene rings is 1. The van der Waals surface area contributed by atoms with E-state index in [0.29, 0.717) is 5.41 Å². The molecule has 2 aliphatic rings. The summed E-state index contributed by atoms with van der Waals surface area (Å²) in [6, 6.07) is 8.76. The van der Waals surface area contributed by atoms with Gasteiger partial charge in [-0.25, -0.2) is 0 Å². The van der Waals surface area contributed by atoms with Crippen LogP contribution in [0, 0.1) is 5.41 Å². The van der Waals surface area contributed by atoms with Crippen LogP contribution in [0.4, 0.5) is 0 Å². The van der Waals surface area contributed by atoms with E-state index < -0.39 is 0 Å². The molecule has 80 valence electrons. The monoisotopic (exact) mass is 220 g/mol. The maximum atomic E-state index is 6.83. The van der Waals surface area contributed by atoms with Gasteiger partial charge in [-0.05, 0) is 42.2 Å². The van der Waals surface area contributed by atoms with E-state index in [2.05, 4.69) is 31.2 Å². The zero-order valence-corrected chi connectivity index (χ0v) is 9.98. The summed E-state index contributed by atoms with van der Waals surface area (Å²) in [6.45, 7) is 2.40. The van der Waals surface area contributed by atoms with Crippen molar-refractivity contribution in [3.05, 3.63) is 35.4 Å². The first-order chi connectivity index (χ1) is 7.11. The zero-order valence-electron chi connectivity index (χ0n) is 9.22. The lowest BCUT2D eigenvalue weighted by Crippen LogP contribution is -2.40. The van der Waals surface area contributed by atoms with E-state index in [-0.39, 0.29) is 4.87 Å². The van der Waals surface area contributed by atoms with Crippen molar-refractivity contribution in [2.45, 2.75) is 43.9 Å². The van der Waals surface area contributed by atoms with Crippen molar-refractivity contribution in [2.24, 2.45) is 5.41 Å². The van der Waals surface area contributed by atoms with Gasteiger partial charge in [-0.2, -0.15) is 0 Å². The maximum absolute atomic E-state index is 6.83. The molecular formula is C14H17Cl. The van der Waals surface area contributed by atoms with Gasteiger partial charge in [0.05, 0.1) is 4.87 Å². The quantitative estimate of drug-likeness (QED) is 0.574. The minimum Gasteiger partial charge on any atom is -0.114 e. The number of alkyl halides is 1. The molecule has 0 nitrogen and oxygen atoms in total. The largest absolute Gasteiger partial charge is 0.114 e. The average Bonchev–Trinajstić information content (AvgIpc) is 2.16. The first-order valence-corrected chi connectivity index (χ1v) is 6.27. The van der Waals surface area contributed by atoms with E-state index in [1.807, 2.05) is 0 Å². The second-order valence-electron chi connectivity index (χ2n) is 5.64. The molecule has 0 aliphatic heterocycles. The number of hydrogen-bond acceptors (Lipinski definition) is 0. The van der Waals surface area contributed by atoms with Gasteiger partial charge in [0.25, 0.3) is 0 Å². The van der Waals surface area contributed by atoms with Crippen molar-refractivity contribution in [1.29, 1.82) is 0 Å². The molecule has 0 spiro atoms. The lowest BCUT2D eigenvalue weighted by Gasteiger charge is -2.48. The molecule has 0 N–H and O–H groups in total. The molecule has 1 aromatic carbocycles. The zero-order chi connectivity index (χ0) is 10.5. The molecular weight excluding hydrogens is 204 g/mol. The van der Waals surface area contributed by atoms with Crippen LogP contribution in [0.5, 0.6) is 0 Å². The molecule has 0 aromatic heterocycles. The Morgan fingerprint density at radius 1 is 1.20 bits per heavy atom. The average molecular weight is 221 g/mol. The molecule has 15 heavy (non-hydrogen) atoms. The third kappa shape index (κ3) is 1.42. The van der Waals surface area contributed by atoms with Crippen LogP contribution in [-0.2, 0) is 11.3 Å². The fraction of sp³-hybridized carbons (Fsp3) is 0.571. The molecule has 1 aromatic rings. The van der Waals surface area contributed by atoms with Gasteiger partial charge in [0.2, 0.25) is 0 Å². The van der Waals surface area contributed by atoms with E-state index in [1.54, 1.807) is 0 Å². The summed E-state index contributed by atoms with van der Waals surface area (Å²) in [7, 11) is 0. The normalized spacial score (nSPS) is 38.5. The summed E-state index contributed by atoms with van der Waals surface area (Å²) in [5.41, 5.74) is 3.35. The Hall–Kier alpha value is -0.490. The molecule has 1 heteroatoms. The van der Waals surface area contributed by atoms with Crippen LogP contribution in [0.2, 0.25) is 0 Å². The summed E-state index contributed by atoms with van der Waals surface area (Å²) in [5, 5.41) is 0. The fourth-order valence-corrected chi connectivity index (χ4v) is 4.24. The Morgan fingerprint density at radius 2 is 2.00 bits per heavy atom. The first-order valence-electron chi connectivity index (χ1n) is 5.89. The molecule has 0 unspecified atom stereocenters. The minimum atomic E-state index is -0.0537. The van der Waals surface area contributed by atoms with Crippen molar-refractivity contribution in [1.82, 2.24) is 0 Å². The highest BCUT2D eigenvalue weighted by molar-refractivity contribution is 6.24. The van der Waals surface area contributed by atoms with E-state index in [4.69, 9.17) is 11.6 Å². The van der Waals surface area contributed by atoms with Gasteiger partial charge in [0, 0.05) is 0 Å². The van der Waals surface area contributed by atoms with Gasteiger partial charge >= 0.3 is 0 Å². The molecule has 0 heterocycles. The fourth-order valence-electron chi connectivity index (χ4n) is 3.60. The van der Waals surface area contributed by atoms with Crippen molar-refractivity contribution in [3.8, 4) is 0 Å². The number of fused-ring (bicyclic) bond motifs is 4. The summed E-state index contributed by atoms with van der Waals surface area (Å²) < 4.78 is 0. The molecule has 2 aliphatic carbocycles. The van der Waals surface area contributed by atoms with Crippen LogP contribution in [0.1, 0.15) is 43.7 Å². The standard InChI is InChI=1S/C14H17Cl/c1-13-7-4-8-14(15,10-13)12-6-3-2-5-11(12)9-13/h2-3,5-6H,4,7-10H2,1H3/t13-,14+/m1/s1. The Labute approximate surface area is 96.6 Å². The molecule has 2 bridgehead atoms. The van der Waals surface area contributed by atoms with Crippen LogP contribution in [0.25, 0.3) is 0 Å². The van der Waals surface area contributed by atoms with Crippen molar-refractivity contribution in [3.63, 3.8) is 0 Å². The van der Waals surface area contributed by atoms with Gasteiger partial charge < -0.3 is 0 Å². The van der Waals surface area contributed by atoms with Crippen molar-refractivity contribution in [2.75, 3.05) is 0 Å². The molecule has 0 amide bonds. The Kier molecular flexibility index (Phi) is 1.95. The van der Waals surface area contributed by atoms with E-state index in [0.717, 1.165) is 6.42 Å². The smallest absolute Gasteiger partial charge is 0.0702 e. The molecule has 3 rings (SSSR count). The highest BCUT2D eigenvalue weighted by Gasteiger charge is 2.46. The third-order valence-electron chi connectivity index (χ3n) is 4.18. The summed E-state index contributed by atoms with van der Waals surface area (Å²) in [5.74, 6) is 0. The van der Waals surface area contributed by atoms with Gasteiger partial charge in [-0.3, -0.25) is 0 Å². The highest BCUT2D eigenvalue weighted by Crippen LogP contribution is 2.56. The summed E-state index contributed by atoms with van der Waals surface area (Å²) >= 11 is 6.83. The van der Waals surface area contributed by atoms with Gasteiger partial charge in [-0.1, -0.05) is 37.6 Å². The molecule has 0 radical (unpaired) electrons. The second kappa shape index (κ2) is 3.01. The van der Waals surface area contributed by atoms with Crippen LogP contribution in [-0.4, -0.2) is 0 Å². The van der Waals surface area contributed by atoms with Crippen molar-refractivity contribution >= 4 is 11.6 Å². The Balaban J connectivity index is 2.16. The number of rotatable bonds is 0. The summed E-state index contributed by atoms with van der Waals surface area (Å²) in [6.07, 6.45) is 6.17. The molecule has 1 fully saturated rings. The first kappa shape index (κ1) is 9.72. The molecule has 2 atom stereocenters. The lowest BCUT2D eigenvalue weighted by molar-refractivity contribution is 0.156. The highest BCUT2D eigenvalue weighted by atomic mass is 35.5. The van der Waals surface area contributed by atoms with E-state index in [9.17, 15) is 0 Å². The van der Waals surface area contributed by atoms with Crippen LogP contribution >= 0.6 is 11.6 Å². The maximum Gasteiger partial charge on any atom is 0.0702 e. The predicted octanol–water partition coefficient (Wildman–Crippen LogP) is 4.26. The van der Waals surface area contributed by atoms with E-state index >= 15 is 0 Å². The van der Waals surface area contributed by atoms with Gasteiger partial charge in [-0.15, -0.1) is 11.6 Å². The Bertz CT molecular complexity index is 398. The van der Waals surface area contributed by atoms with Gasteiger partial charge in [0.1, 0.15) is 0 Å². The predicted molar refractivity (Wildman–Crippen MR) is 64.3 cm³/mol. The molecule has 1 saturated carbocycles.